The lowest BCUT2D eigenvalue weighted by Gasteiger charge is -2.31. The Morgan fingerprint density at radius 3 is 2.78 bits per heavy atom. The summed E-state index contributed by atoms with van der Waals surface area (Å²) in [5.74, 6) is -1.15. The zero-order valence-corrected chi connectivity index (χ0v) is 14.4. The normalized spacial score (nSPS) is 17.6. The second-order valence-corrected chi connectivity index (χ2v) is 6.12. The molecule has 2 amide bonds. The van der Waals surface area contributed by atoms with Crippen molar-refractivity contribution in [1.82, 2.24) is 20.4 Å². The third kappa shape index (κ3) is 5.11. The summed E-state index contributed by atoms with van der Waals surface area (Å²) in [5.41, 5.74) is 0. The fourth-order valence-electron chi connectivity index (χ4n) is 2.83. The summed E-state index contributed by atoms with van der Waals surface area (Å²) in [6, 6.07) is 8.91. The van der Waals surface area contributed by atoms with Crippen LogP contribution in [0.3, 0.4) is 0 Å². The number of hydrogen-bond acceptors (Lipinski definition) is 5. The molecule has 1 aromatic heterocycles. The summed E-state index contributed by atoms with van der Waals surface area (Å²) in [5, 5.41) is 9.28. The molecule has 10 heteroatoms. The minimum absolute atomic E-state index is 0.0905. The number of benzene rings is 1. The summed E-state index contributed by atoms with van der Waals surface area (Å²) in [6.45, 7) is 1.37. The van der Waals surface area contributed by atoms with Crippen molar-refractivity contribution in [3.05, 3.63) is 42.1 Å². The summed E-state index contributed by atoms with van der Waals surface area (Å²) in [4.78, 5) is 13.8. The zero-order chi connectivity index (χ0) is 19.3. The summed E-state index contributed by atoms with van der Waals surface area (Å²) >= 11 is 0. The molecular formula is C17H19F3N4O3. The van der Waals surface area contributed by atoms with Crippen molar-refractivity contribution in [3.8, 4) is 5.75 Å². The minimum atomic E-state index is -4.67. The number of nitrogens with zero attached hydrogens (tertiary/aromatic N) is 3. The first kappa shape index (κ1) is 19.0. The molecule has 1 N–H and O–H groups in total. The van der Waals surface area contributed by atoms with Gasteiger partial charge in [0.05, 0.1) is 12.5 Å². The summed E-state index contributed by atoms with van der Waals surface area (Å²) < 4.78 is 48.0. The van der Waals surface area contributed by atoms with E-state index >= 15 is 0 Å². The fraction of sp³-hybridized carbons (Fsp3) is 0.471. The van der Waals surface area contributed by atoms with E-state index in [1.807, 2.05) is 30.3 Å². The van der Waals surface area contributed by atoms with E-state index in [9.17, 15) is 18.0 Å². The molecule has 1 aliphatic rings. The monoisotopic (exact) mass is 384 g/mol. The largest absolute Gasteiger partial charge is 0.492 e. The molecule has 0 unspecified atom stereocenters. The van der Waals surface area contributed by atoms with Crippen molar-refractivity contribution in [2.24, 2.45) is 0 Å². The second kappa shape index (κ2) is 8.28. The van der Waals surface area contributed by atoms with Gasteiger partial charge in [0, 0.05) is 13.1 Å². The minimum Gasteiger partial charge on any atom is -0.492 e. The van der Waals surface area contributed by atoms with E-state index in [0.29, 0.717) is 38.3 Å². The van der Waals surface area contributed by atoms with Gasteiger partial charge in [0.25, 0.3) is 0 Å². The van der Waals surface area contributed by atoms with Gasteiger partial charge in [-0.2, -0.15) is 13.2 Å². The summed E-state index contributed by atoms with van der Waals surface area (Å²) in [6.07, 6.45) is -3.45. The lowest BCUT2D eigenvalue weighted by atomic mass is 9.98. The van der Waals surface area contributed by atoms with Crippen molar-refractivity contribution in [1.29, 1.82) is 0 Å². The van der Waals surface area contributed by atoms with Gasteiger partial charge >= 0.3 is 18.1 Å². The number of urea groups is 1. The van der Waals surface area contributed by atoms with Gasteiger partial charge in [-0.15, -0.1) is 10.2 Å². The zero-order valence-electron chi connectivity index (χ0n) is 14.4. The Labute approximate surface area is 153 Å². The van der Waals surface area contributed by atoms with Crippen LogP contribution in [0.5, 0.6) is 5.75 Å². The molecule has 1 fully saturated rings. The standard InChI is InChI=1S/C17H19F3N4O3/c18-17(19,20)15-23-22-14(27-15)12-5-4-9-24(11-12)16(25)21-8-10-26-13-6-2-1-3-7-13/h1-3,6-7,12H,4-5,8-11H2,(H,21,25)/t12-/m1/s1. The summed E-state index contributed by atoms with van der Waals surface area (Å²) in [7, 11) is 0. The smallest absolute Gasteiger partial charge is 0.470 e. The number of ether oxygens (including phenoxy) is 1. The highest BCUT2D eigenvalue weighted by Gasteiger charge is 2.39. The van der Waals surface area contributed by atoms with Crippen LogP contribution in [-0.2, 0) is 6.18 Å². The van der Waals surface area contributed by atoms with Crippen molar-refractivity contribution < 1.29 is 27.1 Å². The first-order valence-electron chi connectivity index (χ1n) is 8.54. The van der Waals surface area contributed by atoms with E-state index < -0.39 is 18.0 Å². The first-order chi connectivity index (χ1) is 12.9. The highest BCUT2D eigenvalue weighted by atomic mass is 19.4. The van der Waals surface area contributed by atoms with Gasteiger partial charge in [-0.05, 0) is 25.0 Å². The highest BCUT2D eigenvalue weighted by Crippen LogP contribution is 2.31. The Balaban J connectivity index is 1.47. The number of amides is 2. The number of carbonyl (C=O) groups is 1. The molecule has 0 bridgehead atoms. The SMILES string of the molecule is O=C(NCCOc1ccccc1)N1CCC[C@@H](c2nnc(C(F)(F)F)o2)C1. The maximum absolute atomic E-state index is 12.6. The molecular weight excluding hydrogens is 365 g/mol. The van der Waals surface area contributed by atoms with Crippen molar-refractivity contribution in [2.45, 2.75) is 24.9 Å². The second-order valence-electron chi connectivity index (χ2n) is 6.12. The maximum atomic E-state index is 12.6. The maximum Gasteiger partial charge on any atom is 0.470 e. The number of alkyl halides is 3. The number of piperidine rings is 1. The molecule has 0 radical (unpaired) electrons. The molecule has 3 rings (SSSR count). The molecule has 0 spiro atoms. The average Bonchev–Trinajstić information content (AvgIpc) is 3.17. The van der Waals surface area contributed by atoms with Crippen LogP contribution in [-0.4, -0.2) is 47.4 Å². The Morgan fingerprint density at radius 1 is 1.30 bits per heavy atom. The van der Waals surface area contributed by atoms with Gasteiger partial charge in [-0.3, -0.25) is 0 Å². The average molecular weight is 384 g/mol. The van der Waals surface area contributed by atoms with Crippen molar-refractivity contribution in [3.63, 3.8) is 0 Å². The van der Waals surface area contributed by atoms with Crippen LogP contribution in [0.2, 0.25) is 0 Å². The molecule has 7 nitrogen and oxygen atoms in total. The molecule has 1 aromatic carbocycles. The van der Waals surface area contributed by atoms with Crippen LogP contribution in [0, 0.1) is 0 Å². The quantitative estimate of drug-likeness (QED) is 0.802. The number of para-hydroxylation sites is 1. The van der Waals surface area contributed by atoms with E-state index in [1.54, 1.807) is 0 Å². The Kier molecular flexibility index (Phi) is 5.82. The molecule has 2 heterocycles. The number of rotatable bonds is 5. The topological polar surface area (TPSA) is 80.5 Å². The number of halogens is 3. The third-order valence-electron chi connectivity index (χ3n) is 4.13. The molecule has 1 atom stereocenters. The van der Waals surface area contributed by atoms with Crippen molar-refractivity contribution in [2.75, 3.05) is 26.2 Å². The van der Waals surface area contributed by atoms with Crippen molar-refractivity contribution >= 4 is 6.03 Å². The number of nitrogens with one attached hydrogen (secondary N) is 1. The van der Waals surface area contributed by atoms with Gasteiger partial charge in [-0.1, -0.05) is 18.2 Å². The molecule has 1 aliphatic heterocycles. The van der Waals surface area contributed by atoms with Crippen LogP contribution in [0.1, 0.15) is 30.5 Å². The third-order valence-corrected chi connectivity index (χ3v) is 4.13. The molecule has 146 valence electrons. The van der Waals surface area contributed by atoms with Crippen LogP contribution in [0.25, 0.3) is 0 Å². The van der Waals surface area contributed by atoms with E-state index in [2.05, 4.69) is 15.5 Å². The number of likely N-dealkylation sites (tertiary alicyclic amines) is 1. The first-order valence-corrected chi connectivity index (χ1v) is 8.54. The number of carbonyl (C=O) groups excluding carboxylic acids is 1. The number of hydrogen-bond donors (Lipinski definition) is 1. The van der Waals surface area contributed by atoms with Gasteiger partial charge in [0.2, 0.25) is 5.89 Å². The molecule has 2 aromatic rings. The van der Waals surface area contributed by atoms with E-state index in [1.165, 1.54) is 4.90 Å². The molecule has 1 saturated heterocycles. The predicted octanol–water partition coefficient (Wildman–Crippen LogP) is 3.06. The molecule has 27 heavy (non-hydrogen) atoms. The Hall–Kier alpha value is -2.78. The highest BCUT2D eigenvalue weighted by molar-refractivity contribution is 5.74. The Morgan fingerprint density at radius 2 is 2.07 bits per heavy atom. The lowest BCUT2D eigenvalue weighted by molar-refractivity contribution is -0.157. The fourth-order valence-corrected chi connectivity index (χ4v) is 2.83. The van der Waals surface area contributed by atoms with Gasteiger partial charge in [-0.25, -0.2) is 4.79 Å². The van der Waals surface area contributed by atoms with E-state index in [4.69, 9.17) is 9.15 Å². The van der Waals surface area contributed by atoms with Crippen LogP contribution in [0.15, 0.2) is 34.7 Å². The van der Waals surface area contributed by atoms with Gasteiger partial charge < -0.3 is 19.4 Å². The predicted molar refractivity (Wildman–Crippen MR) is 88.2 cm³/mol. The van der Waals surface area contributed by atoms with Crippen LogP contribution in [0.4, 0.5) is 18.0 Å². The molecule has 0 saturated carbocycles. The number of aromatic nitrogens is 2. The van der Waals surface area contributed by atoms with Crippen LogP contribution < -0.4 is 10.1 Å². The van der Waals surface area contributed by atoms with E-state index in [-0.39, 0.29) is 18.5 Å². The lowest BCUT2D eigenvalue weighted by Crippen LogP contribution is -2.46. The van der Waals surface area contributed by atoms with E-state index in [0.717, 1.165) is 0 Å². The Bertz CT molecular complexity index is 751. The van der Waals surface area contributed by atoms with Crippen LogP contribution >= 0.6 is 0 Å². The van der Waals surface area contributed by atoms with Gasteiger partial charge in [0.1, 0.15) is 12.4 Å². The van der Waals surface area contributed by atoms with Gasteiger partial charge in [0.15, 0.2) is 0 Å². The molecule has 0 aliphatic carbocycles.